The maximum Gasteiger partial charge on any atom is 0.161 e. The highest BCUT2D eigenvalue weighted by molar-refractivity contribution is 6.33. The topological polar surface area (TPSA) is 34.0 Å². The zero-order valence-electron chi connectivity index (χ0n) is 30.6. The number of halogens is 1. The number of anilines is 2. The van der Waals surface area contributed by atoms with Crippen molar-refractivity contribution in [1.82, 2.24) is 14.5 Å². The van der Waals surface area contributed by atoms with Crippen LogP contribution in [0.15, 0.2) is 145 Å². The minimum Gasteiger partial charge on any atom is -0.316 e. The second-order valence-electron chi connectivity index (χ2n) is 15.8. The van der Waals surface area contributed by atoms with Gasteiger partial charge in [-0.1, -0.05) is 129 Å². The molecule has 0 saturated heterocycles. The third-order valence-electron chi connectivity index (χ3n) is 12.4. The third-order valence-corrected chi connectivity index (χ3v) is 12.8. The summed E-state index contributed by atoms with van der Waals surface area (Å²) >= 11 is 7.08. The highest BCUT2D eigenvalue weighted by Crippen LogP contribution is 2.55. The Hall–Kier alpha value is -5.71. The summed E-state index contributed by atoms with van der Waals surface area (Å²) in [6, 6.07) is 39.5. The fourth-order valence-corrected chi connectivity index (χ4v) is 10.3. The Balaban J connectivity index is 1.14. The van der Waals surface area contributed by atoms with Gasteiger partial charge in [0.1, 0.15) is 5.69 Å². The summed E-state index contributed by atoms with van der Waals surface area (Å²) in [6.07, 6.45) is 13.4. The van der Waals surface area contributed by atoms with Crippen molar-refractivity contribution in [2.45, 2.75) is 51.0 Å². The van der Waals surface area contributed by atoms with E-state index in [1.165, 1.54) is 55.3 Å². The summed E-state index contributed by atoms with van der Waals surface area (Å²) in [5, 5.41) is 4.75. The molecule has 11 rings (SSSR count). The molecule has 5 heteroatoms. The summed E-state index contributed by atoms with van der Waals surface area (Å²) < 4.78 is 2.58. The van der Waals surface area contributed by atoms with Crippen LogP contribution < -0.4 is 4.90 Å². The molecule has 4 unspecified atom stereocenters. The Morgan fingerprint density at radius 2 is 1.52 bits per heavy atom. The van der Waals surface area contributed by atoms with Crippen LogP contribution in [0.2, 0.25) is 0 Å². The first-order chi connectivity index (χ1) is 26.4. The van der Waals surface area contributed by atoms with Gasteiger partial charge in [-0.2, -0.15) is 0 Å². The smallest absolute Gasteiger partial charge is 0.161 e. The van der Waals surface area contributed by atoms with E-state index in [1.54, 1.807) is 0 Å². The maximum absolute atomic E-state index is 7.08. The summed E-state index contributed by atoms with van der Waals surface area (Å²) in [7, 11) is 0. The molecule has 0 spiro atoms. The normalized spacial score (nSPS) is 22.8. The predicted octanol–water partition coefficient (Wildman–Crippen LogP) is 12.5. The lowest BCUT2D eigenvalue weighted by molar-refractivity contribution is 0.547. The number of rotatable bonds is 3. The van der Waals surface area contributed by atoms with Gasteiger partial charge in [-0.05, 0) is 95.5 Å². The van der Waals surface area contributed by atoms with Gasteiger partial charge in [0, 0.05) is 44.0 Å². The molecule has 4 nitrogen and oxygen atoms in total. The number of hydrogen-bond acceptors (Lipinski definition) is 3. The first-order valence-corrected chi connectivity index (χ1v) is 19.6. The molecule has 4 aliphatic rings. The van der Waals surface area contributed by atoms with Crippen LogP contribution in [0.1, 0.15) is 55.6 Å². The van der Waals surface area contributed by atoms with Gasteiger partial charge in [0.2, 0.25) is 0 Å². The van der Waals surface area contributed by atoms with Crippen molar-refractivity contribution in [2.24, 2.45) is 5.92 Å². The number of aromatic nitrogens is 3. The van der Waals surface area contributed by atoms with Crippen LogP contribution in [0.25, 0.3) is 55.1 Å². The molecule has 2 aromatic heterocycles. The van der Waals surface area contributed by atoms with E-state index in [0.717, 1.165) is 51.7 Å². The second kappa shape index (κ2) is 11.6. The fraction of sp³-hybridized carbons (Fsp3) is 0.184. The van der Waals surface area contributed by atoms with Gasteiger partial charge in [0.15, 0.2) is 5.82 Å². The zero-order valence-corrected chi connectivity index (χ0v) is 31.3. The zero-order chi connectivity index (χ0) is 36.3. The van der Waals surface area contributed by atoms with Crippen molar-refractivity contribution in [3.8, 4) is 11.1 Å². The van der Waals surface area contributed by atoms with Gasteiger partial charge in [-0.3, -0.25) is 0 Å². The van der Waals surface area contributed by atoms with Crippen LogP contribution in [0, 0.1) is 5.92 Å². The molecule has 262 valence electrons. The van der Waals surface area contributed by atoms with E-state index >= 15 is 0 Å². The van der Waals surface area contributed by atoms with Crippen LogP contribution in [-0.4, -0.2) is 20.6 Å². The van der Waals surface area contributed by atoms with E-state index in [0.29, 0.717) is 11.8 Å². The number of benzene rings is 5. The van der Waals surface area contributed by atoms with Gasteiger partial charge in [-0.25, -0.2) is 9.97 Å². The lowest BCUT2D eigenvalue weighted by Gasteiger charge is -2.36. The number of hydrogen-bond donors (Lipinski definition) is 0. The van der Waals surface area contributed by atoms with Gasteiger partial charge in [-0.15, -0.1) is 0 Å². The Bertz CT molecular complexity index is 2870. The molecule has 3 aliphatic carbocycles. The van der Waals surface area contributed by atoms with Crippen molar-refractivity contribution in [2.75, 3.05) is 4.90 Å². The maximum atomic E-state index is 7.08. The van der Waals surface area contributed by atoms with Crippen LogP contribution in [0.5, 0.6) is 0 Å². The summed E-state index contributed by atoms with van der Waals surface area (Å²) in [6.45, 7) is 6.98. The van der Waals surface area contributed by atoms with Crippen molar-refractivity contribution >= 4 is 67.1 Å². The van der Waals surface area contributed by atoms with Gasteiger partial charge < -0.3 is 9.47 Å². The summed E-state index contributed by atoms with van der Waals surface area (Å²) in [5.74, 6) is 1.62. The molecular formula is C49H39ClN4. The Morgan fingerprint density at radius 3 is 2.39 bits per heavy atom. The van der Waals surface area contributed by atoms with Crippen LogP contribution in [0.3, 0.4) is 0 Å². The number of fused-ring (bicyclic) bond motifs is 11. The van der Waals surface area contributed by atoms with Gasteiger partial charge >= 0.3 is 0 Å². The molecule has 0 N–H and O–H groups in total. The molecule has 0 saturated carbocycles. The van der Waals surface area contributed by atoms with Crippen molar-refractivity contribution in [3.05, 3.63) is 167 Å². The summed E-state index contributed by atoms with van der Waals surface area (Å²) in [5.41, 5.74) is 13.6. The van der Waals surface area contributed by atoms with Crippen LogP contribution in [0.4, 0.5) is 11.5 Å². The quantitative estimate of drug-likeness (QED) is 0.182. The lowest BCUT2D eigenvalue weighted by Crippen LogP contribution is -2.40. The highest BCUT2D eigenvalue weighted by Gasteiger charge is 2.49. The first-order valence-electron chi connectivity index (χ1n) is 19.2. The molecule has 0 bridgehead atoms. The van der Waals surface area contributed by atoms with E-state index in [4.69, 9.17) is 21.6 Å². The second-order valence-corrected chi connectivity index (χ2v) is 16.3. The Labute approximate surface area is 320 Å². The van der Waals surface area contributed by atoms with Crippen molar-refractivity contribution in [1.29, 1.82) is 0 Å². The number of allylic oxidation sites excluding steroid dienone is 6. The van der Waals surface area contributed by atoms with E-state index < -0.39 is 0 Å². The largest absolute Gasteiger partial charge is 0.316 e. The minimum atomic E-state index is -0.362. The van der Waals surface area contributed by atoms with Crippen LogP contribution >= 0.6 is 11.6 Å². The molecule has 4 atom stereocenters. The van der Waals surface area contributed by atoms with Crippen molar-refractivity contribution < 1.29 is 0 Å². The molecule has 0 radical (unpaired) electrons. The van der Waals surface area contributed by atoms with E-state index in [9.17, 15) is 0 Å². The molecule has 54 heavy (non-hydrogen) atoms. The number of para-hydroxylation sites is 3. The van der Waals surface area contributed by atoms with E-state index in [-0.39, 0.29) is 11.5 Å². The van der Waals surface area contributed by atoms with Crippen LogP contribution in [-0.2, 0) is 11.8 Å². The Morgan fingerprint density at radius 1 is 0.759 bits per heavy atom. The lowest BCUT2D eigenvalue weighted by atomic mass is 9.75. The molecule has 1 aliphatic heterocycles. The average molecular weight is 719 g/mol. The summed E-state index contributed by atoms with van der Waals surface area (Å²) in [4.78, 5) is 13.1. The average Bonchev–Trinajstić information content (AvgIpc) is 3.66. The first kappa shape index (κ1) is 31.8. The highest BCUT2D eigenvalue weighted by atomic mass is 35.5. The van der Waals surface area contributed by atoms with E-state index in [2.05, 4.69) is 152 Å². The van der Waals surface area contributed by atoms with Crippen molar-refractivity contribution in [3.63, 3.8) is 0 Å². The molecule has 0 amide bonds. The van der Waals surface area contributed by atoms with Gasteiger partial charge in [0.25, 0.3) is 0 Å². The van der Waals surface area contributed by atoms with E-state index in [1.807, 2.05) is 18.2 Å². The molecule has 5 aromatic carbocycles. The standard InChI is InChI=1S/C49H39ClN4/c1-29-20-23-36(38(50)26-29)47-48(52-40-18-10-9-17-39(40)51-47)54-41-19-11-8-16-37(41)49(3)28-32(22-25-44(49)54)53-42-24-21-31-12-4-5-14-34(31)45(42)46-35-15-7-6-13-33(35)30(2)27-43(46)53/h4-25,28-30,44H,26-27H2,1-3H3. The molecule has 0 fully saturated rings. The molecule has 7 aromatic rings. The third kappa shape index (κ3) is 4.44. The number of nitrogens with zero attached hydrogens (tertiary/aromatic N) is 4. The molecular weight excluding hydrogens is 680 g/mol. The minimum absolute atomic E-state index is 0.0307. The fourth-order valence-electron chi connectivity index (χ4n) is 9.90. The Kier molecular flexibility index (Phi) is 6.85. The van der Waals surface area contributed by atoms with Gasteiger partial charge in [0.05, 0.1) is 22.6 Å². The predicted molar refractivity (Wildman–Crippen MR) is 225 cm³/mol. The molecule has 3 heterocycles. The SMILES string of the molecule is CC1C=CC(c2nc3ccccc3nc2N2c3ccccc3C3(C)C=C(n4c5c(c6c7ccccc7ccc64)-c4ccccc4C(C)C5)C=CC23)=C(Cl)C1. The monoisotopic (exact) mass is 718 g/mol.